The number of nitriles is 1. The molecule has 0 aliphatic carbocycles. The third kappa shape index (κ3) is 2.80. The zero-order chi connectivity index (χ0) is 13.8. The van der Waals surface area contributed by atoms with Gasteiger partial charge < -0.3 is 5.32 Å². The van der Waals surface area contributed by atoms with Gasteiger partial charge in [-0.05, 0) is 30.0 Å². The van der Waals surface area contributed by atoms with Gasteiger partial charge in [-0.3, -0.25) is 10.2 Å². The van der Waals surface area contributed by atoms with Crippen LogP contribution in [0.25, 0.3) is 0 Å². The number of nitrogens with zero attached hydrogens (tertiary/aromatic N) is 3. The molecule has 1 aliphatic heterocycles. The van der Waals surface area contributed by atoms with Gasteiger partial charge in [0.2, 0.25) is 0 Å². The predicted molar refractivity (Wildman–Crippen MR) is 76.4 cm³/mol. The number of anilines is 1. The maximum absolute atomic E-state index is 11.5. The highest BCUT2D eigenvalue weighted by Crippen LogP contribution is 2.28. The van der Waals surface area contributed by atoms with E-state index in [9.17, 15) is 4.79 Å². The normalized spacial score (nSPS) is 14.5. The Morgan fingerprint density at radius 1 is 1.63 bits per heavy atom. The van der Waals surface area contributed by atoms with Gasteiger partial charge in [0.05, 0.1) is 11.4 Å². The van der Waals surface area contributed by atoms with Crippen LogP contribution in [0.1, 0.15) is 5.56 Å². The van der Waals surface area contributed by atoms with Crippen molar-refractivity contribution >= 4 is 34.3 Å². The quantitative estimate of drug-likeness (QED) is 0.354. The number of amides is 2. The summed E-state index contributed by atoms with van der Waals surface area (Å²) in [5.41, 5.74) is 2.62. The average Bonchev–Trinajstić information content (AvgIpc) is 2.42. The Labute approximate surface area is 115 Å². The molecule has 1 aliphatic rings. The molecule has 0 bridgehead atoms. The van der Waals surface area contributed by atoms with Gasteiger partial charge in [0.25, 0.3) is 0 Å². The number of amidine groups is 1. The van der Waals surface area contributed by atoms with Crippen LogP contribution in [0.2, 0.25) is 0 Å². The summed E-state index contributed by atoms with van der Waals surface area (Å²) in [6, 6.07) is 5.47. The van der Waals surface area contributed by atoms with Gasteiger partial charge in [0, 0.05) is 13.6 Å². The molecule has 0 spiro atoms. The standard InChI is InChI=1S/C12H13N5OS/c1-17-10-4-3-9(16-11(19-2)15-7-13)5-8(10)6-14-12(17)18/h3-5H,6H2,1-2H3,(H,14,18)(H,15,16). The molecule has 7 heteroatoms. The van der Waals surface area contributed by atoms with Crippen LogP contribution in [0.4, 0.5) is 16.2 Å². The van der Waals surface area contributed by atoms with Crippen LogP contribution < -0.4 is 15.5 Å². The number of fused-ring (bicyclic) bond motifs is 1. The Morgan fingerprint density at radius 3 is 3.11 bits per heavy atom. The molecule has 0 unspecified atom stereocenters. The van der Waals surface area contributed by atoms with Crippen molar-refractivity contribution in [3.8, 4) is 6.19 Å². The van der Waals surface area contributed by atoms with Crippen molar-refractivity contribution in [1.29, 1.82) is 5.26 Å². The molecule has 1 heterocycles. The van der Waals surface area contributed by atoms with E-state index in [4.69, 9.17) is 5.26 Å². The topological polar surface area (TPSA) is 80.5 Å². The molecule has 1 aromatic carbocycles. The molecule has 2 N–H and O–H groups in total. The number of carbonyl (C=O) groups excluding carboxylic acids is 1. The molecular formula is C12H13N5OS. The van der Waals surface area contributed by atoms with E-state index in [0.29, 0.717) is 11.7 Å². The summed E-state index contributed by atoms with van der Waals surface area (Å²) in [6.45, 7) is 0.488. The summed E-state index contributed by atoms with van der Waals surface area (Å²) in [4.78, 5) is 17.4. The molecule has 0 atom stereocenters. The molecule has 0 radical (unpaired) electrons. The zero-order valence-electron chi connectivity index (χ0n) is 10.6. The minimum Gasteiger partial charge on any atom is -0.334 e. The van der Waals surface area contributed by atoms with Gasteiger partial charge >= 0.3 is 6.03 Å². The van der Waals surface area contributed by atoms with Crippen molar-refractivity contribution in [2.75, 3.05) is 18.2 Å². The number of carbonyl (C=O) groups is 1. The Morgan fingerprint density at radius 2 is 2.42 bits per heavy atom. The molecular weight excluding hydrogens is 262 g/mol. The van der Waals surface area contributed by atoms with E-state index < -0.39 is 0 Å². The van der Waals surface area contributed by atoms with Crippen molar-refractivity contribution in [3.05, 3.63) is 23.8 Å². The summed E-state index contributed by atoms with van der Waals surface area (Å²) >= 11 is 1.36. The fourth-order valence-corrected chi connectivity index (χ4v) is 2.14. The Balaban J connectivity index is 2.32. The monoisotopic (exact) mass is 275 g/mol. The van der Waals surface area contributed by atoms with Gasteiger partial charge in [0.15, 0.2) is 11.4 Å². The molecule has 2 amide bonds. The lowest BCUT2D eigenvalue weighted by molar-refractivity contribution is 0.246. The molecule has 19 heavy (non-hydrogen) atoms. The van der Waals surface area contributed by atoms with E-state index in [1.54, 1.807) is 11.9 Å². The second kappa shape index (κ2) is 5.63. The SMILES string of the molecule is CSC(=Nc1ccc2c(c1)CNC(=O)N2C)NC#N. The third-order valence-corrected chi connectivity index (χ3v) is 3.33. The number of aliphatic imine (C=N–C) groups is 1. The van der Waals surface area contributed by atoms with Gasteiger partial charge in [-0.2, -0.15) is 5.26 Å². The fourth-order valence-electron chi connectivity index (χ4n) is 1.80. The lowest BCUT2D eigenvalue weighted by atomic mass is 10.1. The van der Waals surface area contributed by atoms with E-state index in [1.807, 2.05) is 30.6 Å². The van der Waals surface area contributed by atoms with Crippen molar-refractivity contribution in [3.63, 3.8) is 0 Å². The molecule has 0 fully saturated rings. The first-order valence-electron chi connectivity index (χ1n) is 5.58. The molecule has 2 rings (SSSR count). The van der Waals surface area contributed by atoms with Crippen LogP contribution in [0.3, 0.4) is 0 Å². The molecule has 0 saturated heterocycles. The zero-order valence-corrected chi connectivity index (χ0v) is 11.4. The highest BCUT2D eigenvalue weighted by Gasteiger charge is 2.20. The minimum absolute atomic E-state index is 0.111. The summed E-state index contributed by atoms with van der Waals surface area (Å²) in [5, 5.41) is 14.4. The molecule has 98 valence electrons. The maximum atomic E-state index is 11.5. The largest absolute Gasteiger partial charge is 0.334 e. The fraction of sp³-hybridized carbons (Fsp3) is 0.250. The van der Waals surface area contributed by atoms with E-state index in [-0.39, 0.29) is 6.03 Å². The summed E-state index contributed by atoms with van der Waals surface area (Å²) < 4.78 is 0. The van der Waals surface area contributed by atoms with E-state index in [2.05, 4.69) is 15.6 Å². The van der Waals surface area contributed by atoms with Crippen LogP contribution in [0, 0.1) is 11.5 Å². The van der Waals surface area contributed by atoms with Crippen molar-refractivity contribution in [1.82, 2.24) is 10.6 Å². The Kier molecular flexibility index (Phi) is 3.92. The number of hydrogen-bond acceptors (Lipinski definition) is 4. The van der Waals surface area contributed by atoms with Gasteiger partial charge in [-0.1, -0.05) is 11.8 Å². The first kappa shape index (κ1) is 13.2. The number of rotatable bonds is 1. The lowest BCUT2D eigenvalue weighted by Gasteiger charge is -2.26. The second-order valence-corrected chi connectivity index (χ2v) is 4.68. The van der Waals surface area contributed by atoms with Gasteiger partial charge in [0.1, 0.15) is 0 Å². The van der Waals surface area contributed by atoms with Crippen molar-refractivity contribution in [2.45, 2.75) is 6.54 Å². The maximum Gasteiger partial charge on any atom is 0.321 e. The van der Waals surface area contributed by atoms with E-state index in [1.165, 1.54) is 11.8 Å². The van der Waals surface area contributed by atoms with Crippen molar-refractivity contribution < 1.29 is 4.79 Å². The molecule has 6 nitrogen and oxygen atoms in total. The Hall–Kier alpha value is -2.20. The van der Waals surface area contributed by atoms with Crippen LogP contribution in [-0.2, 0) is 6.54 Å². The van der Waals surface area contributed by atoms with E-state index >= 15 is 0 Å². The predicted octanol–water partition coefficient (Wildman–Crippen LogP) is 1.77. The molecule has 0 aromatic heterocycles. The van der Waals surface area contributed by atoms with Crippen LogP contribution >= 0.6 is 11.8 Å². The second-order valence-electron chi connectivity index (χ2n) is 3.89. The highest BCUT2D eigenvalue weighted by molar-refractivity contribution is 8.13. The van der Waals surface area contributed by atoms with Crippen LogP contribution in [0.5, 0.6) is 0 Å². The lowest BCUT2D eigenvalue weighted by Crippen LogP contribution is -2.41. The number of thioether (sulfide) groups is 1. The number of nitrogens with one attached hydrogen (secondary N) is 2. The molecule has 1 aromatic rings. The Bertz CT molecular complexity index is 578. The summed E-state index contributed by atoms with van der Waals surface area (Å²) in [5.74, 6) is 0. The smallest absolute Gasteiger partial charge is 0.321 e. The number of benzene rings is 1. The van der Waals surface area contributed by atoms with Gasteiger partial charge in [-0.25, -0.2) is 9.79 Å². The number of hydrogen-bond donors (Lipinski definition) is 2. The average molecular weight is 275 g/mol. The summed E-state index contributed by atoms with van der Waals surface area (Å²) in [6.07, 6.45) is 3.69. The number of urea groups is 1. The minimum atomic E-state index is -0.111. The van der Waals surface area contributed by atoms with Crippen LogP contribution in [0.15, 0.2) is 23.2 Å². The van der Waals surface area contributed by atoms with Gasteiger partial charge in [-0.15, -0.1) is 0 Å². The first-order chi connectivity index (χ1) is 9.15. The highest BCUT2D eigenvalue weighted by atomic mass is 32.2. The molecule has 0 saturated carbocycles. The van der Waals surface area contributed by atoms with Crippen LogP contribution in [-0.4, -0.2) is 24.5 Å². The third-order valence-electron chi connectivity index (χ3n) is 2.75. The van der Waals surface area contributed by atoms with Crippen molar-refractivity contribution in [2.24, 2.45) is 4.99 Å². The van der Waals surface area contributed by atoms with E-state index in [0.717, 1.165) is 16.9 Å². The summed E-state index contributed by atoms with van der Waals surface area (Å²) in [7, 11) is 1.72. The first-order valence-corrected chi connectivity index (χ1v) is 6.80.